The van der Waals surface area contributed by atoms with Gasteiger partial charge in [0.25, 0.3) is 5.91 Å². The molecule has 6 heteroatoms. The number of rotatable bonds is 6. The largest absolute Gasteiger partial charge is 0.339 e. The summed E-state index contributed by atoms with van der Waals surface area (Å²) in [5, 5.41) is 2.79. The van der Waals surface area contributed by atoms with Crippen LogP contribution in [0.1, 0.15) is 35.3 Å². The van der Waals surface area contributed by atoms with E-state index >= 15 is 0 Å². The minimum absolute atomic E-state index is 0.0208. The van der Waals surface area contributed by atoms with Gasteiger partial charge in [-0.05, 0) is 32.5 Å². The number of carbonyl (C=O) groups excluding carboxylic acids is 1. The van der Waals surface area contributed by atoms with Gasteiger partial charge in [0.05, 0.1) is 5.01 Å². The normalized spacial score (nSPS) is 19.4. The lowest BCUT2D eigenvalue weighted by molar-refractivity contribution is 0.0749. The molecule has 1 aliphatic heterocycles. The lowest BCUT2D eigenvalue weighted by Crippen LogP contribution is -2.41. The Bertz CT molecular complexity index is 448. The van der Waals surface area contributed by atoms with Gasteiger partial charge in [-0.25, -0.2) is 4.98 Å². The molecule has 0 saturated carbocycles. The molecule has 1 aromatic heterocycles. The van der Waals surface area contributed by atoms with Crippen molar-refractivity contribution in [2.45, 2.75) is 32.2 Å². The monoisotopic (exact) mass is 296 g/mol. The van der Waals surface area contributed by atoms with E-state index < -0.39 is 0 Å². The van der Waals surface area contributed by atoms with E-state index in [-0.39, 0.29) is 5.91 Å². The Kier molecular flexibility index (Phi) is 5.51. The number of aromatic nitrogens is 1. The number of hydrogen-bond acceptors (Lipinski definition) is 5. The average Bonchev–Trinajstić information content (AvgIpc) is 3.07. The first-order chi connectivity index (χ1) is 9.65. The van der Waals surface area contributed by atoms with Crippen LogP contribution in [-0.4, -0.2) is 60.0 Å². The number of carbonyl (C=O) groups is 1. The molecule has 1 atom stereocenters. The molecule has 1 saturated heterocycles. The first-order valence-electron chi connectivity index (χ1n) is 7.29. The summed E-state index contributed by atoms with van der Waals surface area (Å²) in [6.07, 6.45) is 3.16. The molecule has 112 valence electrons. The molecular weight excluding hydrogens is 272 g/mol. The molecule has 5 nitrogen and oxygen atoms in total. The van der Waals surface area contributed by atoms with Crippen molar-refractivity contribution in [1.29, 1.82) is 0 Å². The van der Waals surface area contributed by atoms with Crippen LogP contribution in [0.3, 0.4) is 0 Å². The van der Waals surface area contributed by atoms with Crippen molar-refractivity contribution in [2.75, 3.05) is 33.2 Å². The lowest BCUT2D eigenvalue weighted by Gasteiger charge is -2.27. The first-order valence-corrected chi connectivity index (χ1v) is 8.17. The van der Waals surface area contributed by atoms with E-state index in [1.165, 1.54) is 24.2 Å². The fraction of sp³-hybridized carbons (Fsp3) is 0.714. The highest BCUT2D eigenvalue weighted by Crippen LogP contribution is 2.18. The molecule has 0 bridgehead atoms. The molecule has 0 aliphatic carbocycles. The molecule has 1 amide bonds. The number of nitrogens with zero attached hydrogens (tertiary/aromatic N) is 3. The lowest BCUT2D eigenvalue weighted by atomic mass is 10.2. The fourth-order valence-electron chi connectivity index (χ4n) is 2.76. The highest BCUT2D eigenvalue weighted by molar-refractivity contribution is 7.09. The quantitative estimate of drug-likeness (QED) is 0.857. The molecule has 20 heavy (non-hydrogen) atoms. The van der Waals surface area contributed by atoms with Gasteiger partial charge in [0.15, 0.2) is 0 Å². The SMILES string of the molecule is CCN1CCCC1CN(C)C(=O)c1csc(CCN)n1. The third-order valence-corrected chi connectivity index (χ3v) is 4.77. The van der Waals surface area contributed by atoms with Crippen LogP contribution in [0.4, 0.5) is 0 Å². The number of likely N-dealkylation sites (tertiary alicyclic amines) is 1. The van der Waals surface area contributed by atoms with Gasteiger partial charge in [-0.1, -0.05) is 6.92 Å². The van der Waals surface area contributed by atoms with Crippen LogP contribution >= 0.6 is 11.3 Å². The summed E-state index contributed by atoms with van der Waals surface area (Å²) in [4.78, 5) is 21.0. The molecule has 1 aliphatic rings. The van der Waals surface area contributed by atoms with Crippen molar-refractivity contribution in [3.8, 4) is 0 Å². The average molecular weight is 296 g/mol. The maximum atomic E-state index is 12.4. The molecule has 0 spiro atoms. The third kappa shape index (κ3) is 3.56. The van der Waals surface area contributed by atoms with Gasteiger partial charge in [0.2, 0.25) is 0 Å². The van der Waals surface area contributed by atoms with Crippen molar-refractivity contribution in [3.63, 3.8) is 0 Å². The Morgan fingerprint density at radius 1 is 1.65 bits per heavy atom. The van der Waals surface area contributed by atoms with Gasteiger partial charge in [0.1, 0.15) is 5.69 Å². The van der Waals surface area contributed by atoms with Crippen LogP contribution in [0.2, 0.25) is 0 Å². The smallest absolute Gasteiger partial charge is 0.273 e. The fourth-order valence-corrected chi connectivity index (χ4v) is 3.55. The van der Waals surface area contributed by atoms with Gasteiger partial charge in [0, 0.05) is 31.4 Å². The third-order valence-electron chi connectivity index (χ3n) is 3.87. The van der Waals surface area contributed by atoms with E-state index in [1.807, 2.05) is 12.4 Å². The molecule has 0 radical (unpaired) electrons. The van der Waals surface area contributed by atoms with E-state index in [2.05, 4.69) is 16.8 Å². The topological polar surface area (TPSA) is 62.5 Å². The first kappa shape index (κ1) is 15.4. The molecule has 1 aromatic rings. The summed E-state index contributed by atoms with van der Waals surface area (Å²) >= 11 is 1.52. The second kappa shape index (κ2) is 7.15. The van der Waals surface area contributed by atoms with Crippen molar-refractivity contribution >= 4 is 17.2 Å². The second-order valence-corrected chi connectivity index (χ2v) is 6.22. The van der Waals surface area contributed by atoms with Crippen LogP contribution in [0.5, 0.6) is 0 Å². The predicted molar refractivity (Wildman–Crippen MR) is 82.1 cm³/mol. The summed E-state index contributed by atoms with van der Waals surface area (Å²) in [7, 11) is 1.87. The Morgan fingerprint density at radius 2 is 2.45 bits per heavy atom. The van der Waals surface area contributed by atoms with Crippen molar-refractivity contribution in [1.82, 2.24) is 14.8 Å². The zero-order valence-electron chi connectivity index (χ0n) is 12.3. The number of hydrogen-bond donors (Lipinski definition) is 1. The van der Waals surface area contributed by atoms with Crippen molar-refractivity contribution in [3.05, 3.63) is 16.1 Å². The highest BCUT2D eigenvalue weighted by Gasteiger charge is 2.26. The summed E-state index contributed by atoms with van der Waals surface area (Å²) < 4.78 is 0. The van der Waals surface area contributed by atoms with E-state index in [0.717, 1.165) is 31.1 Å². The highest BCUT2D eigenvalue weighted by atomic mass is 32.1. The minimum atomic E-state index is 0.0208. The summed E-state index contributed by atoms with van der Waals surface area (Å²) in [6.45, 7) is 5.76. The van der Waals surface area contributed by atoms with E-state index in [4.69, 9.17) is 5.73 Å². The van der Waals surface area contributed by atoms with Gasteiger partial charge in [-0.3, -0.25) is 9.69 Å². The van der Waals surface area contributed by atoms with Gasteiger partial charge < -0.3 is 10.6 Å². The summed E-state index contributed by atoms with van der Waals surface area (Å²) in [6, 6.07) is 0.496. The molecule has 2 rings (SSSR count). The van der Waals surface area contributed by atoms with E-state index in [1.54, 1.807) is 4.90 Å². The van der Waals surface area contributed by atoms with Crippen LogP contribution in [0, 0.1) is 0 Å². The molecule has 1 unspecified atom stereocenters. The van der Waals surface area contributed by atoms with Gasteiger partial charge >= 0.3 is 0 Å². The second-order valence-electron chi connectivity index (χ2n) is 5.28. The Morgan fingerprint density at radius 3 is 3.15 bits per heavy atom. The van der Waals surface area contributed by atoms with Crippen LogP contribution in [0.15, 0.2) is 5.38 Å². The van der Waals surface area contributed by atoms with Crippen LogP contribution in [-0.2, 0) is 6.42 Å². The standard InChI is InChI=1S/C14H24N4OS/c1-3-18-8-4-5-11(18)9-17(2)14(19)12-10-20-13(16-12)6-7-15/h10-11H,3-9,15H2,1-2H3. The molecular formula is C14H24N4OS. The van der Waals surface area contributed by atoms with Crippen LogP contribution in [0.25, 0.3) is 0 Å². The maximum absolute atomic E-state index is 12.4. The van der Waals surface area contributed by atoms with Gasteiger partial charge in [-0.15, -0.1) is 11.3 Å². The number of likely N-dealkylation sites (N-methyl/N-ethyl adjacent to an activating group) is 2. The maximum Gasteiger partial charge on any atom is 0.273 e. The summed E-state index contributed by atoms with van der Waals surface area (Å²) in [5.74, 6) is 0.0208. The van der Waals surface area contributed by atoms with Gasteiger partial charge in [-0.2, -0.15) is 0 Å². The number of amides is 1. The Hall–Kier alpha value is -0.980. The minimum Gasteiger partial charge on any atom is -0.339 e. The predicted octanol–water partition coefficient (Wildman–Crippen LogP) is 1.20. The van der Waals surface area contributed by atoms with E-state index in [9.17, 15) is 4.79 Å². The zero-order chi connectivity index (χ0) is 14.5. The molecule has 0 aromatic carbocycles. The molecule has 1 fully saturated rings. The Labute approximate surface area is 124 Å². The number of nitrogens with two attached hydrogens (primary N) is 1. The number of thiazole rings is 1. The van der Waals surface area contributed by atoms with Crippen molar-refractivity contribution in [2.24, 2.45) is 5.73 Å². The Balaban J connectivity index is 1.93. The molecule has 2 heterocycles. The summed E-state index contributed by atoms with van der Waals surface area (Å²) in [5.41, 5.74) is 6.07. The zero-order valence-corrected chi connectivity index (χ0v) is 13.2. The van der Waals surface area contributed by atoms with Crippen LogP contribution < -0.4 is 5.73 Å². The van der Waals surface area contributed by atoms with E-state index in [0.29, 0.717) is 18.3 Å². The van der Waals surface area contributed by atoms with Crippen molar-refractivity contribution < 1.29 is 4.79 Å². The molecule has 2 N–H and O–H groups in total.